The van der Waals surface area contributed by atoms with Crippen molar-refractivity contribution >= 4 is 5.71 Å². The highest BCUT2D eigenvalue weighted by Crippen LogP contribution is 2.27. The summed E-state index contributed by atoms with van der Waals surface area (Å²) in [7, 11) is 2.17. The van der Waals surface area contributed by atoms with Crippen LogP contribution in [0.2, 0.25) is 0 Å². The highest BCUT2D eigenvalue weighted by atomic mass is 15.2. The molecule has 0 aromatic carbocycles. The zero-order valence-electron chi connectivity index (χ0n) is 11.2. The van der Waals surface area contributed by atoms with E-state index in [0.717, 1.165) is 6.54 Å². The van der Waals surface area contributed by atoms with E-state index in [-0.39, 0.29) is 5.54 Å². The first-order chi connectivity index (χ1) is 6.78. The van der Waals surface area contributed by atoms with E-state index in [9.17, 15) is 0 Å². The fraction of sp³-hybridized carbons (Fsp3) is 0.769. The van der Waals surface area contributed by atoms with E-state index in [1.54, 1.807) is 0 Å². The SMILES string of the molecule is CC1=C(C)C(C(C)(C)N(C)C(C)C)=NC1. The zero-order chi connectivity index (χ0) is 11.8. The average Bonchev–Trinajstić information content (AvgIpc) is 2.46. The van der Waals surface area contributed by atoms with E-state index in [1.807, 2.05) is 0 Å². The van der Waals surface area contributed by atoms with E-state index < -0.39 is 0 Å². The van der Waals surface area contributed by atoms with E-state index in [0.29, 0.717) is 6.04 Å². The molecular weight excluding hydrogens is 184 g/mol. The van der Waals surface area contributed by atoms with Gasteiger partial charge in [-0.2, -0.15) is 0 Å². The maximum Gasteiger partial charge on any atom is 0.0607 e. The van der Waals surface area contributed by atoms with Gasteiger partial charge in [0.2, 0.25) is 0 Å². The van der Waals surface area contributed by atoms with Gasteiger partial charge < -0.3 is 0 Å². The highest BCUT2D eigenvalue weighted by Gasteiger charge is 2.34. The Labute approximate surface area is 94.1 Å². The van der Waals surface area contributed by atoms with Gasteiger partial charge >= 0.3 is 0 Å². The molecule has 15 heavy (non-hydrogen) atoms. The standard InChI is InChI=1S/C13H24N2/c1-9(2)15(7)13(5,6)12-11(4)10(3)8-14-12/h9H,8H2,1-7H3. The molecule has 2 heteroatoms. The Kier molecular flexibility index (Phi) is 3.39. The lowest BCUT2D eigenvalue weighted by Gasteiger charge is -2.39. The Bertz CT molecular complexity index is 308. The van der Waals surface area contributed by atoms with E-state index in [4.69, 9.17) is 0 Å². The van der Waals surface area contributed by atoms with Gasteiger partial charge in [0.25, 0.3) is 0 Å². The predicted octanol–water partition coefficient (Wildman–Crippen LogP) is 2.90. The molecule has 0 bridgehead atoms. The number of rotatable bonds is 3. The van der Waals surface area contributed by atoms with Crippen molar-refractivity contribution in [3.8, 4) is 0 Å². The maximum atomic E-state index is 4.67. The van der Waals surface area contributed by atoms with Crippen molar-refractivity contribution in [3.63, 3.8) is 0 Å². The van der Waals surface area contributed by atoms with Crippen molar-refractivity contribution in [3.05, 3.63) is 11.1 Å². The third kappa shape index (κ3) is 2.15. The Morgan fingerprint density at radius 1 is 1.27 bits per heavy atom. The third-order valence-electron chi connectivity index (χ3n) is 3.71. The maximum absolute atomic E-state index is 4.67. The van der Waals surface area contributed by atoms with Crippen molar-refractivity contribution in [2.75, 3.05) is 13.6 Å². The molecule has 0 saturated heterocycles. The van der Waals surface area contributed by atoms with Gasteiger partial charge in [-0.25, -0.2) is 0 Å². The summed E-state index contributed by atoms with van der Waals surface area (Å²) in [5, 5.41) is 0. The van der Waals surface area contributed by atoms with Crippen molar-refractivity contribution in [1.82, 2.24) is 4.90 Å². The molecule has 0 aromatic rings. The summed E-state index contributed by atoms with van der Waals surface area (Å²) in [6, 6.07) is 0.538. The Morgan fingerprint density at radius 2 is 1.80 bits per heavy atom. The molecule has 1 heterocycles. The van der Waals surface area contributed by atoms with Gasteiger partial charge in [-0.3, -0.25) is 9.89 Å². The third-order valence-corrected chi connectivity index (χ3v) is 3.71. The Balaban J connectivity index is 2.98. The number of hydrogen-bond acceptors (Lipinski definition) is 2. The lowest BCUT2D eigenvalue weighted by molar-refractivity contribution is 0.177. The number of hydrogen-bond donors (Lipinski definition) is 0. The van der Waals surface area contributed by atoms with E-state index in [1.165, 1.54) is 16.9 Å². The van der Waals surface area contributed by atoms with E-state index in [2.05, 4.69) is 58.5 Å². The van der Waals surface area contributed by atoms with Gasteiger partial charge in [-0.15, -0.1) is 0 Å². The lowest BCUT2D eigenvalue weighted by atomic mass is 9.90. The monoisotopic (exact) mass is 208 g/mol. The molecule has 0 fully saturated rings. The quantitative estimate of drug-likeness (QED) is 0.696. The van der Waals surface area contributed by atoms with Crippen LogP contribution in [0.3, 0.4) is 0 Å². The summed E-state index contributed by atoms with van der Waals surface area (Å²) < 4.78 is 0. The van der Waals surface area contributed by atoms with Crippen LogP contribution in [0.1, 0.15) is 41.5 Å². The number of nitrogens with zero attached hydrogens (tertiary/aromatic N) is 2. The first-order valence-electron chi connectivity index (χ1n) is 5.73. The second-order valence-corrected chi connectivity index (χ2v) is 5.33. The predicted molar refractivity (Wildman–Crippen MR) is 67.7 cm³/mol. The minimum Gasteiger partial charge on any atom is -0.293 e. The molecule has 0 radical (unpaired) electrons. The largest absolute Gasteiger partial charge is 0.293 e. The van der Waals surface area contributed by atoms with Gasteiger partial charge in [0, 0.05) is 6.04 Å². The molecular formula is C13H24N2. The minimum atomic E-state index is 0.0377. The molecule has 0 saturated carbocycles. The molecule has 0 atom stereocenters. The molecule has 0 unspecified atom stereocenters. The van der Waals surface area contributed by atoms with Gasteiger partial charge in [0.15, 0.2) is 0 Å². The highest BCUT2D eigenvalue weighted by molar-refractivity contribution is 6.08. The van der Waals surface area contributed by atoms with Crippen molar-refractivity contribution < 1.29 is 0 Å². The second kappa shape index (κ2) is 4.09. The molecule has 2 nitrogen and oxygen atoms in total. The fourth-order valence-corrected chi connectivity index (χ4v) is 2.10. The summed E-state index contributed by atoms with van der Waals surface area (Å²) in [5.74, 6) is 0. The fourth-order valence-electron chi connectivity index (χ4n) is 2.10. The molecule has 0 amide bonds. The molecule has 0 N–H and O–H groups in total. The average molecular weight is 208 g/mol. The summed E-state index contributed by atoms with van der Waals surface area (Å²) >= 11 is 0. The first-order valence-corrected chi connectivity index (χ1v) is 5.73. The normalized spacial score (nSPS) is 18.1. The van der Waals surface area contributed by atoms with E-state index >= 15 is 0 Å². The molecule has 1 aliphatic heterocycles. The molecule has 0 spiro atoms. The minimum absolute atomic E-state index is 0.0377. The van der Waals surface area contributed by atoms with Gasteiger partial charge in [0.05, 0.1) is 17.8 Å². The molecule has 0 aliphatic carbocycles. The van der Waals surface area contributed by atoms with Gasteiger partial charge in [-0.05, 0) is 59.7 Å². The van der Waals surface area contributed by atoms with Crippen LogP contribution in [-0.4, -0.2) is 35.8 Å². The molecule has 0 aromatic heterocycles. The lowest BCUT2D eigenvalue weighted by Crippen LogP contribution is -2.51. The first kappa shape index (κ1) is 12.4. The second-order valence-electron chi connectivity index (χ2n) is 5.33. The van der Waals surface area contributed by atoms with Gasteiger partial charge in [0.1, 0.15) is 0 Å². The van der Waals surface area contributed by atoms with Crippen molar-refractivity contribution in [2.45, 2.75) is 53.1 Å². The van der Waals surface area contributed by atoms with Crippen LogP contribution in [0.15, 0.2) is 16.1 Å². The van der Waals surface area contributed by atoms with Crippen LogP contribution in [0, 0.1) is 0 Å². The summed E-state index contributed by atoms with van der Waals surface area (Å²) in [6.45, 7) is 14.2. The van der Waals surface area contributed by atoms with Crippen LogP contribution < -0.4 is 0 Å². The van der Waals surface area contributed by atoms with Gasteiger partial charge in [-0.1, -0.05) is 0 Å². The summed E-state index contributed by atoms with van der Waals surface area (Å²) in [5.41, 5.74) is 4.09. The van der Waals surface area contributed by atoms with Crippen LogP contribution >= 0.6 is 0 Å². The zero-order valence-corrected chi connectivity index (χ0v) is 11.2. The Morgan fingerprint density at radius 3 is 2.13 bits per heavy atom. The smallest absolute Gasteiger partial charge is 0.0607 e. The summed E-state index contributed by atoms with van der Waals surface area (Å²) in [4.78, 5) is 7.06. The molecule has 86 valence electrons. The molecule has 1 rings (SSSR count). The van der Waals surface area contributed by atoms with Crippen LogP contribution in [0.4, 0.5) is 0 Å². The molecule has 1 aliphatic rings. The summed E-state index contributed by atoms with van der Waals surface area (Å²) in [6.07, 6.45) is 0. The number of aliphatic imine (C=N–C) groups is 1. The van der Waals surface area contributed by atoms with Crippen molar-refractivity contribution in [1.29, 1.82) is 0 Å². The Hall–Kier alpha value is -0.630. The topological polar surface area (TPSA) is 15.6 Å². The van der Waals surface area contributed by atoms with Crippen LogP contribution in [-0.2, 0) is 0 Å². The van der Waals surface area contributed by atoms with Crippen molar-refractivity contribution in [2.24, 2.45) is 4.99 Å². The van der Waals surface area contributed by atoms with Crippen LogP contribution in [0.5, 0.6) is 0 Å². The van der Waals surface area contributed by atoms with Crippen LogP contribution in [0.25, 0.3) is 0 Å².